The van der Waals surface area contributed by atoms with E-state index in [2.05, 4.69) is 10.0 Å². The van der Waals surface area contributed by atoms with Gasteiger partial charge in [0, 0.05) is 23.5 Å². The fraction of sp³-hybridized carbons (Fsp3) is 0.278. The van der Waals surface area contributed by atoms with E-state index < -0.39 is 37.6 Å². The van der Waals surface area contributed by atoms with Crippen molar-refractivity contribution < 1.29 is 26.0 Å². The third-order valence-corrected chi connectivity index (χ3v) is 6.42. The lowest BCUT2D eigenvalue weighted by atomic mass is 10.2. The van der Waals surface area contributed by atoms with E-state index in [1.54, 1.807) is 6.92 Å². The molecule has 0 unspecified atom stereocenters. The minimum atomic E-state index is -4.02. The van der Waals surface area contributed by atoms with Crippen LogP contribution in [-0.4, -0.2) is 40.8 Å². The molecule has 1 amide bonds. The molecule has 0 saturated carbocycles. The van der Waals surface area contributed by atoms with Gasteiger partial charge in [-0.1, -0.05) is 6.07 Å². The smallest absolute Gasteiger partial charge is 0.255 e. The number of anilines is 1. The molecule has 0 heterocycles. The fourth-order valence-corrected chi connectivity index (χ4v) is 4.94. The van der Waals surface area contributed by atoms with Crippen LogP contribution in [-0.2, 0) is 19.9 Å². The quantitative estimate of drug-likeness (QED) is 0.702. The first-order valence-corrected chi connectivity index (χ1v) is 11.8. The summed E-state index contributed by atoms with van der Waals surface area (Å²) in [7, 11) is -7.38. The summed E-state index contributed by atoms with van der Waals surface area (Å²) in [5.74, 6) is -1.32. The molecule has 2 aromatic carbocycles. The average Bonchev–Trinajstić information content (AvgIpc) is 2.56. The number of benzene rings is 2. The van der Waals surface area contributed by atoms with Gasteiger partial charge in [0.1, 0.15) is 15.7 Å². The first-order valence-electron chi connectivity index (χ1n) is 8.25. The van der Waals surface area contributed by atoms with Gasteiger partial charge in [0.25, 0.3) is 5.91 Å². The highest BCUT2D eigenvalue weighted by Crippen LogP contribution is 2.17. The molecule has 0 radical (unpaired) electrons. The van der Waals surface area contributed by atoms with E-state index >= 15 is 0 Å². The molecule has 0 aliphatic rings. The van der Waals surface area contributed by atoms with Gasteiger partial charge in [0.2, 0.25) is 10.0 Å². The van der Waals surface area contributed by atoms with E-state index in [1.807, 2.05) is 0 Å². The molecule has 0 aliphatic heterocycles. The Balaban J connectivity index is 2.20. The Bertz CT molecular complexity index is 1100. The molecule has 1 atom stereocenters. The van der Waals surface area contributed by atoms with Crippen LogP contribution in [0.1, 0.15) is 22.8 Å². The molecule has 0 fully saturated rings. The molecular formula is C18H21FN2O5S2. The predicted molar refractivity (Wildman–Crippen MR) is 105 cm³/mol. The summed E-state index contributed by atoms with van der Waals surface area (Å²) in [5, 5.41) is 2.58. The van der Waals surface area contributed by atoms with Gasteiger partial charge in [-0.3, -0.25) is 4.79 Å². The van der Waals surface area contributed by atoms with E-state index in [4.69, 9.17) is 0 Å². The zero-order chi connectivity index (χ0) is 21.1. The molecule has 10 heteroatoms. The van der Waals surface area contributed by atoms with E-state index in [0.717, 1.165) is 6.26 Å². The van der Waals surface area contributed by atoms with Gasteiger partial charge in [0.05, 0.1) is 10.6 Å². The van der Waals surface area contributed by atoms with Crippen LogP contribution < -0.4 is 10.0 Å². The van der Waals surface area contributed by atoms with Gasteiger partial charge in [-0.15, -0.1) is 0 Å². The van der Waals surface area contributed by atoms with Crippen molar-refractivity contribution in [3.8, 4) is 0 Å². The third-order valence-electron chi connectivity index (χ3n) is 3.73. The molecule has 0 aromatic heterocycles. The molecule has 0 aliphatic carbocycles. The van der Waals surface area contributed by atoms with Crippen molar-refractivity contribution in [3.63, 3.8) is 0 Å². The zero-order valence-electron chi connectivity index (χ0n) is 15.6. The monoisotopic (exact) mass is 428 g/mol. The lowest BCUT2D eigenvalue weighted by Gasteiger charge is -2.14. The summed E-state index contributed by atoms with van der Waals surface area (Å²) in [6.45, 7) is 2.99. The number of sulfonamides is 1. The van der Waals surface area contributed by atoms with Gasteiger partial charge in [0.15, 0.2) is 0 Å². The van der Waals surface area contributed by atoms with Crippen LogP contribution in [0.25, 0.3) is 0 Å². The van der Waals surface area contributed by atoms with Crippen LogP contribution >= 0.6 is 0 Å². The molecule has 0 saturated heterocycles. The maximum Gasteiger partial charge on any atom is 0.255 e. The van der Waals surface area contributed by atoms with Gasteiger partial charge >= 0.3 is 0 Å². The first kappa shape index (κ1) is 22.0. The number of amides is 1. The number of rotatable bonds is 7. The van der Waals surface area contributed by atoms with Crippen molar-refractivity contribution in [1.29, 1.82) is 0 Å². The summed E-state index contributed by atoms with van der Waals surface area (Å²) < 4.78 is 63.2. The number of nitrogens with one attached hydrogen (secondary N) is 2. The van der Waals surface area contributed by atoms with E-state index in [-0.39, 0.29) is 16.2 Å². The van der Waals surface area contributed by atoms with Crippen LogP contribution in [0.15, 0.2) is 47.4 Å². The molecule has 2 aromatic rings. The van der Waals surface area contributed by atoms with Crippen LogP contribution in [0, 0.1) is 12.7 Å². The molecule has 152 valence electrons. The summed E-state index contributed by atoms with van der Waals surface area (Å²) in [4.78, 5) is 12.2. The van der Waals surface area contributed by atoms with E-state index in [1.165, 1.54) is 49.4 Å². The Morgan fingerprint density at radius 1 is 1.11 bits per heavy atom. The minimum Gasteiger partial charge on any atom is -0.322 e. The predicted octanol–water partition coefficient (Wildman–Crippen LogP) is 2.10. The highest BCUT2D eigenvalue weighted by molar-refractivity contribution is 7.91. The average molecular weight is 429 g/mol. The van der Waals surface area contributed by atoms with Crippen molar-refractivity contribution in [2.45, 2.75) is 24.8 Å². The van der Waals surface area contributed by atoms with Crippen molar-refractivity contribution in [2.24, 2.45) is 0 Å². The number of halogens is 1. The second kappa shape index (κ2) is 8.38. The van der Waals surface area contributed by atoms with Crippen LogP contribution in [0.3, 0.4) is 0 Å². The Hall–Kier alpha value is -2.30. The van der Waals surface area contributed by atoms with Crippen molar-refractivity contribution >= 4 is 31.5 Å². The molecule has 0 spiro atoms. The van der Waals surface area contributed by atoms with Gasteiger partial charge < -0.3 is 5.32 Å². The SMILES string of the molecule is Cc1cc(NC(=O)c2cccc(S(=O)(=O)N[C@H](C)CS(C)(=O)=O)c2)ccc1F. The van der Waals surface area contributed by atoms with Gasteiger partial charge in [-0.25, -0.2) is 25.9 Å². The van der Waals surface area contributed by atoms with Crippen molar-refractivity contribution in [1.82, 2.24) is 4.72 Å². The maximum atomic E-state index is 13.3. The number of hydrogen-bond acceptors (Lipinski definition) is 5. The van der Waals surface area contributed by atoms with E-state index in [0.29, 0.717) is 11.3 Å². The van der Waals surface area contributed by atoms with Gasteiger partial charge in [-0.2, -0.15) is 0 Å². The Kier molecular flexibility index (Phi) is 6.58. The fourth-order valence-electron chi connectivity index (χ4n) is 2.55. The van der Waals surface area contributed by atoms with Crippen LogP contribution in [0.4, 0.5) is 10.1 Å². The lowest BCUT2D eigenvalue weighted by Crippen LogP contribution is -2.37. The van der Waals surface area contributed by atoms with E-state index in [9.17, 15) is 26.0 Å². The molecule has 7 nitrogen and oxygen atoms in total. The van der Waals surface area contributed by atoms with Crippen LogP contribution in [0.5, 0.6) is 0 Å². The summed E-state index contributed by atoms with van der Waals surface area (Å²) in [6.07, 6.45) is 1.01. The summed E-state index contributed by atoms with van der Waals surface area (Å²) in [6, 6.07) is 8.57. The standard InChI is InChI=1S/C18H21FN2O5S2/c1-12-9-15(7-8-17(12)19)20-18(22)14-5-4-6-16(10-14)28(25,26)21-13(2)11-27(3,23)24/h4-10,13,21H,11H2,1-3H3,(H,20,22)/t13-/m1/s1. The number of carbonyl (C=O) groups is 1. The Morgan fingerprint density at radius 2 is 1.79 bits per heavy atom. The second-order valence-corrected chi connectivity index (χ2v) is 10.5. The topological polar surface area (TPSA) is 109 Å². The Labute approximate surface area is 163 Å². The molecule has 0 bridgehead atoms. The second-order valence-electron chi connectivity index (χ2n) is 6.56. The molecule has 2 N–H and O–H groups in total. The highest BCUT2D eigenvalue weighted by atomic mass is 32.2. The molecule has 28 heavy (non-hydrogen) atoms. The number of hydrogen-bond donors (Lipinski definition) is 2. The highest BCUT2D eigenvalue weighted by Gasteiger charge is 2.21. The first-order chi connectivity index (χ1) is 12.9. The maximum absolute atomic E-state index is 13.3. The zero-order valence-corrected chi connectivity index (χ0v) is 17.2. The van der Waals surface area contributed by atoms with Crippen LogP contribution in [0.2, 0.25) is 0 Å². The van der Waals surface area contributed by atoms with Crippen molar-refractivity contribution in [3.05, 3.63) is 59.4 Å². The molecular weight excluding hydrogens is 407 g/mol. The minimum absolute atomic E-state index is 0.0839. The summed E-state index contributed by atoms with van der Waals surface area (Å²) >= 11 is 0. The number of aryl methyl sites for hydroxylation is 1. The Morgan fingerprint density at radius 3 is 2.39 bits per heavy atom. The molecule has 2 rings (SSSR count). The number of sulfone groups is 1. The summed E-state index contributed by atoms with van der Waals surface area (Å²) in [5.41, 5.74) is 0.816. The normalized spacial score (nSPS) is 13.1. The largest absolute Gasteiger partial charge is 0.322 e. The van der Waals surface area contributed by atoms with Crippen molar-refractivity contribution in [2.75, 3.05) is 17.3 Å². The third kappa shape index (κ3) is 6.11. The lowest BCUT2D eigenvalue weighted by molar-refractivity contribution is 0.102. The van der Waals surface area contributed by atoms with Gasteiger partial charge in [-0.05, 0) is 55.8 Å². The number of carbonyl (C=O) groups excluding carboxylic acids is 1.